The molecular formula is C12H19N3O. The summed E-state index contributed by atoms with van der Waals surface area (Å²) in [7, 11) is 3.45. The third-order valence-corrected chi connectivity index (χ3v) is 2.27. The number of benzene rings is 1. The van der Waals surface area contributed by atoms with Crippen molar-refractivity contribution < 1.29 is 4.79 Å². The Labute approximate surface area is 96.4 Å². The minimum atomic E-state index is -0.0336. The van der Waals surface area contributed by atoms with E-state index in [1.54, 1.807) is 26.2 Å². The van der Waals surface area contributed by atoms with Crippen molar-refractivity contribution in [3.63, 3.8) is 0 Å². The predicted octanol–water partition coefficient (Wildman–Crippen LogP) is 1.79. The first-order valence-corrected chi connectivity index (χ1v) is 5.41. The van der Waals surface area contributed by atoms with E-state index >= 15 is 0 Å². The van der Waals surface area contributed by atoms with Crippen molar-refractivity contribution in [3.8, 4) is 0 Å². The van der Waals surface area contributed by atoms with E-state index in [-0.39, 0.29) is 5.91 Å². The summed E-state index contributed by atoms with van der Waals surface area (Å²) in [6.07, 6.45) is 1.04. The molecule has 0 aliphatic rings. The van der Waals surface area contributed by atoms with Gasteiger partial charge in [0, 0.05) is 26.2 Å². The van der Waals surface area contributed by atoms with Gasteiger partial charge in [0.15, 0.2) is 0 Å². The van der Waals surface area contributed by atoms with Gasteiger partial charge in [0.05, 0.1) is 11.4 Å². The molecule has 0 fully saturated rings. The normalized spacial score (nSPS) is 9.94. The van der Waals surface area contributed by atoms with Gasteiger partial charge in [-0.2, -0.15) is 0 Å². The maximum absolute atomic E-state index is 11.7. The Morgan fingerprint density at radius 1 is 1.44 bits per heavy atom. The predicted molar refractivity (Wildman–Crippen MR) is 67.7 cm³/mol. The number of hydrogen-bond donors (Lipinski definition) is 2. The van der Waals surface area contributed by atoms with Crippen molar-refractivity contribution >= 4 is 17.3 Å². The molecule has 4 heteroatoms. The van der Waals surface area contributed by atoms with Crippen LogP contribution >= 0.6 is 0 Å². The Hall–Kier alpha value is -1.71. The number of nitrogens with two attached hydrogens (primary N) is 1. The minimum absolute atomic E-state index is 0.0336. The molecule has 3 N–H and O–H groups in total. The zero-order valence-electron chi connectivity index (χ0n) is 10.1. The molecular weight excluding hydrogens is 202 g/mol. The Balaban J connectivity index is 2.86. The molecule has 1 aromatic carbocycles. The van der Waals surface area contributed by atoms with Crippen molar-refractivity contribution in [2.24, 2.45) is 0 Å². The summed E-state index contributed by atoms with van der Waals surface area (Å²) in [4.78, 5) is 13.2. The van der Waals surface area contributed by atoms with Crippen molar-refractivity contribution in [1.82, 2.24) is 4.90 Å². The molecule has 1 aromatic rings. The summed E-state index contributed by atoms with van der Waals surface area (Å²) in [6.45, 7) is 2.97. The first-order valence-electron chi connectivity index (χ1n) is 5.41. The van der Waals surface area contributed by atoms with Gasteiger partial charge >= 0.3 is 0 Å². The van der Waals surface area contributed by atoms with E-state index in [2.05, 4.69) is 12.2 Å². The second-order valence-electron chi connectivity index (χ2n) is 3.93. The van der Waals surface area contributed by atoms with Crippen LogP contribution in [0.3, 0.4) is 0 Å². The van der Waals surface area contributed by atoms with E-state index in [1.165, 1.54) is 4.90 Å². The average Bonchev–Trinajstić information content (AvgIpc) is 2.26. The van der Waals surface area contributed by atoms with Crippen LogP contribution in [-0.4, -0.2) is 31.4 Å². The SMILES string of the molecule is CCCNc1ccc(C(=O)N(C)C)cc1N. The van der Waals surface area contributed by atoms with Gasteiger partial charge in [-0.1, -0.05) is 6.92 Å². The molecule has 88 valence electrons. The van der Waals surface area contributed by atoms with Crippen LogP contribution in [0, 0.1) is 0 Å². The van der Waals surface area contributed by atoms with E-state index in [0.717, 1.165) is 18.7 Å². The number of rotatable bonds is 4. The number of hydrogen-bond acceptors (Lipinski definition) is 3. The highest BCUT2D eigenvalue weighted by Crippen LogP contribution is 2.20. The molecule has 0 spiro atoms. The topological polar surface area (TPSA) is 58.4 Å². The van der Waals surface area contributed by atoms with E-state index in [1.807, 2.05) is 6.07 Å². The molecule has 0 aromatic heterocycles. The quantitative estimate of drug-likeness (QED) is 0.762. The van der Waals surface area contributed by atoms with Gasteiger partial charge < -0.3 is 16.0 Å². The number of anilines is 2. The summed E-state index contributed by atoms with van der Waals surface area (Å²) in [5.41, 5.74) is 7.98. The highest BCUT2D eigenvalue weighted by molar-refractivity contribution is 5.95. The average molecular weight is 221 g/mol. The van der Waals surface area contributed by atoms with Gasteiger partial charge in [-0.15, -0.1) is 0 Å². The monoisotopic (exact) mass is 221 g/mol. The fourth-order valence-electron chi connectivity index (χ4n) is 1.37. The molecule has 0 unspecified atom stereocenters. The fraction of sp³-hybridized carbons (Fsp3) is 0.417. The largest absolute Gasteiger partial charge is 0.397 e. The summed E-state index contributed by atoms with van der Waals surface area (Å²) < 4.78 is 0. The van der Waals surface area contributed by atoms with Crippen molar-refractivity contribution in [1.29, 1.82) is 0 Å². The van der Waals surface area contributed by atoms with Crippen molar-refractivity contribution in [2.75, 3.05) is 31.7 Å². The summed E-state index contributed by atoms with van der Waals surface area (Å²) >= 11 is 0. The zero-order chi connectivity index (χ0) is 12.1. The maximum atomic E-state index is 11.7. The second kappa shape index (κ2) is 5.39. The van der Waals surface area contributed by atoms with Crippen LogP contribution in [0.5, 0.6) is 0 Å². The van der Waals surface area contributed by atoms with Gasteiger partial charge in [-0.25, -0.2) is 0 Å². The summed E-state index contributed by atoms with van der Waals surface area (Å²) in [5.74, 6) is -0.0336. The van der Waals surface area contributed by atoms with Gasteiger partial charge in [0.25, 0.3) is 5.91 Å². The van der Waals surface area contributed by atoms with E-state index in [0.29, 0.717) is 11.3 Å². The molecule has 16 heavy (non-hydrogen) atoms. The molecule has 0 aliphatic heterocycles. The maximum Gasteiger partial charge on any atom is 0.253 e. The van der Waals surface area contributed by atoms with E-state index in [9.17, 15) is 4.79 Å². The van der Waals surface area contributed by atoms with Crippen LogP contribution in [0.2, 0.25) is 0 Å². The molecule has 0 atom stereocenters. The Morgan fingerprint density at radius 2 is 2.12 bits per heavy atom. The molecule has 4 nitrogen and oxygen atoms in total. The molecule has 0 heterocycles. The fourth-order valence-corrected chi connectivity index (χ4v) is 1.37. The van der Waals surface area contributed by atoms with Crippen LogP contribution in [0.1, 0.15) is 23.7 Å². The molecule has 1 rings (SSSR count). The zero-order valence-corrected chi connectivity index (χ0v) is 10.1. The highest BCUT2D eigenvalue weighted by Gasteiger charge is 2.09. The third-order valence-electron chi connectivity index (χ3n) is 2.27. The van der Waals surface area contributed by atoms with E-state index < -0.39 is 0 Å². The summed E-state index contributed by atoms with van der Waals surface area (Å²) in [6, 6.07) is 5.35. The van der Waals surface area contributed by atoms with Gasteiger partial charge in [0.2, 0.25) is 0 Å². The smallest absolute Gasteiger partial charge is 0.253 e. The molecule has 0 saturated carbocycles. The number of amides is 1. The third kappa shape index (κ3) is 2.89. The number of carbonyl (C=O) groups is 1. The lowest BCUT2D eigenvalue weighted by Crippen LogP contribution is -2.21. The van der Waals surface area contributed by atoms with Gasteiger partial charge in [0.1, 0.15) is 0 Å². The Morgan fingerprint density at radius 3 is 2.62 bits per heavy atom. The molecule has 1 amide bonds. The standard InChI is InChI=1S/C12H19N3O/c1-4-7-14-11-6-5-9(8-10(11)13)12(16)15(2)3/h5-6,8,14H,4,7,13H2,1-3H3. The number of carbonyl (C=O) groups excluding carboxylic acids is 1. The van der Waals surface area contributed by atoms with Crippen LogP contribution < -0.4 is 11.1 Å². The van der Waals surface area contributed by atoms with Crippen LogP contribution in [0.4, 0.5) is 11.4 Å². The van der Waals surface area contributed by atoms with Gasteiger partial charge in [-0.05, 0) is 24.6 Å². The van der Waals surface area contributed by atoms with Gasteiger partial charge in [-0.3, -0.25) is 4.79 Å². The van der Waals surface area contributed by atoms with E-state index in [4.69, 9.17) is 5.73 Å². The highest BCUT2D eigenvalue weighted by atomic mass is 16.2. The molecule has 0 saturated heterocycles. The van der Waals surface area contributed by atoms with Crippen LogP contribution in [0.25, 0.3) is 0 Å². The number of nitrogens with one attached hydrogen (secondary N) is 1. The second-order valence-corrected chi connectivity index (χ2v) is 3.93. The lowest BCUT2D eigenvalue weighted by molar-refractivity contribution is 0.0827. The molecule has 0 radical (unpaired) electrons. The molecule has 0 aliphatic carbocycles. The number of nitrogen functional groups attached to an aromatic ring is 1. The number of nitrogens with zero attached hydrogens (tertiary/aromatic N) is 1. The van der Waals surface area contributed by atoms with Crippen LogP contribution in [0.15, 0.2) is 18.2 Å². The first-order chi connectivity index (χ1) is 7.56. The molecule has 0 bridgehead atoms. The minimum Gasteiger partial charge on any atom is -0.397 e. The lowest BCUT2D eigenvalue weighted by atomic mass is 10.1. The van der Waals surface area contributed by atoms with Crippen molar-refractivity contribution in [3.05, 3.63) is 23.8 Å². The Kier molecular flexibility index (Phi) is 4.17. The lowest BCUT2D eigenvalue weighted by Gasteiger charge is -2.13. The van der Waals surface area contributed by atoms with Crippen molar-refractivity contribution in [2.45, 2.75) is 13.3 Å². The summed E-state index contributed by atoms with van der Waals surface area (Å²) in [5, 5.41) is 3.21. The Bertz CT molecular complexity index is 375. The van der Waals surface area contributed by atoms with Crippen LogP contribution in [-0.2, 0) is 0 Å². The first kappa shape index (κ1) is 12.4.